The van der Waals surface area contributed by atoms with E-state index in [1.807, 2.05) is 0 Å². The van der Waals surface area contributed by atoms with Gasteiger partial charge < -0.3 is 9.73 Å². The van der Waals surface area contributed by atoms with Crippen LogP contribution in [0.4, 0.5) is 0 Å². The van der Waals surface area contributed by atoms with Crippen molar-refractivity contribution in [2.75, 3.05) is 13.1 Å². The fourth-order valence-electron chi connectivity index (χ4n) is 3.59. The lowest BCUT2D eigenvalue weighted by atomic mass is 9.82. The smallest absolute Gasteiger partial charge is 0.118 e. The number of aryl methyl sites for hydroxylation is 1. The van der Waals surface area contributed by atoms with Crippen LogP contribution >= 0.6 is 0 Å². The number of nitrogens with one attached hydrogen (secondary N) is 1. The molecule has 0 amide bonds. The van der Waals surface area contributed by atoms with E-state index >= 15 is 0 Å². The summed E-state index contributed by atoms with van der Waals surface area (Å²) < 4.78 is 5.92. The lowest BCUT2D eigenvalue weighted by molar-refractivity contribution is 0.235. The fraction of sp³-hybridized carbons (Fsp3) is 0.778. The highest BCUT2D eigenvalue weighted by Gasteiger charge is 2.35. The van der Waals surface area contributed by atoms with E-state index in [1.54, 1.807) is 0 Å². The number of nitrogens with zero attached hydrogens (tertiary/aromatic N) is 1. The van der Waals surface area contributed by atoms with E-state index < -0.39 is 0 Å². The Kier molecular flexibility index (Phi) is 4.41. The average Bonchev–Trinajstić information content (AvgIpc) is 3.14. The Morgan fingerprint density at radius 1 is 1.33 bits per heavy atom. The second kappa shape index (κ2) is 6.13. The summed E-state index contributed by atoms with van der Waals surface area (Å²) in [6.07, 6.45) is 6.63. The normalized spacial score (nSPS) is 22.0. The van der Waals surface area contributed by atoms with E-state index in [0.29, 0.717) is 5.41 Å². The van der Waals surface area contributed by atoms with Gasteiger partial charge in [-0.05, 0) is 57.1 Å². The Balaban J connectivity index is 1.57. The highest BCUT2D eigenvalue weighted by molar-refractivity contribution is 5.21. The van der Waals surface area contributed by atoms with Crippen molar-refractivity contribution in [1.29, 1.82) is 0 Å². The minimum atomic E-state index is 0.563. The molecule has 1 aliphatic carbocycles. The molecule has 0 atom stereocenters. The third-order valence-electron chi connectivity index (χ3n) is 5.63. The second-order valence-electron chi connectivity index (χ2n) is 7.12. The summed E-state index contributed by atoms with van der Waals surface area (Å²) in [4.78, 5) is 2.61. The van der Waals surface area contributed by atoms with Crippen LogP contribution in [-0.2, 0) is 13.1 Å². The van der Waals surface area contributed by atoms with Crippen LogP contribution in [-0.4, -0.2) is 24.0 Å². The van der Waals surface area contributed by atoms with E-state index in [2.05, 4.69) is 37.1 Å². The van der Waals surface area contributed by atoms with E-state index in [9.17, 15) is 0 Å². The molecular formula is C18H30N2O. The van der Waals surface area contributed by atoms with Gasteiger partial charge in [0.25, 0.3) is 0 Å². The van der Waals surface area contributed by atoms with Crippen LogP contribution in [0.3, 0.4) is 0 Å². The van der Waals surface area contributed by atoms with E-state index in [1.165, 1.54) is 50.8 Å². The summed E-state index contributed by atoms with van der Waals surface area (Å²) in [5, 5.41) is 3.53. The third kappa shape index (κ3) is 3.51. The third-order valence-corrected chi connectivity index (χ3v) is 5.63. The van der Waals surface area contributed by atoms with Crippen LogP contribution in [0.5, 0.6) is 0 Å². The topological polar surface area (TPSA) is 28.4 Å². The summed E-state index contributed by atoms with van der Waals surface area (Å²) in [5.74, 6) is 2.21. The summed E-state index contributed by atoms with van der Waals surface area (Å²) in [7, 11) is 0. The summed E-state index contributed by atoms with van der Waals surface area (Å²) in [5.41, 5.74) is 1.94. The molecule has 3 rings (SSSR count). The van der Waals surface area contributed by atoms with Crippen LogP contribution < -0.4 is 5.32 Å². The Labute approximate surface area is 129 Å². The largest absolute Gasteiger partial charge is 0.465 e. The predicted molar refractivity (Wildman–Crippen MR) is 86.2 cm³/mol. The van der Waals surface area contributed by atoms with Gasteiger partial charge in [-0.15, -0.1) is 0 Å². The van der Waals surface area contributed by atoms with Crippen molar-refractivity contribution in [2.24, 2.45) is 5.41 Å². The fourth-order valence-corrected chi connectivity index (χ4v) is 3.59. The zero-order valence-electron chi connectivity index (χ0n) is 13.9. The van der Waals surface area contributed by atoms with Crippen LogP contribution in [0.1, 0.15) is 63.0 Å². The van der Waals surface area contributed by atoms with Gasteiger partial charge in [-0.2, -0.15) is 0 Å². The van der Waals surface area contributed by atoms with Gasteiger partial charge >= 0.3 is 0 Å². The van der Waals surface area contributed by atoms with E-state index in [0.717, 1.165) is 30.7 Å². The van der Waals surface area contributed by atoms with Gasteiger partial charge in [-0.1, -0.05) is 13.8 Å². The van der Waals surface area contributed by atoms with Crippen LogP contribution in [0.2, 0.25) is 0 Å². The first-order valence-electron chi connectivity index (χ1n) is 8.68. The Hall–Kier alpha value is -0.800. The molecule has 21 heavy (non-hydrogen) atoms. The first-order chi connectivity index (χ1) is 10.1. The van der Waals surface area contributed by atoms with Gasteiger partial charge in [-0.25, -0.2) is 0 Å². The first-order valence-corrected chi connectivity index (χ1v) is 8.68. The van der Waals surface area contributed by atoms with Gasteiger partial charge in [0.05, 0.1) is 6.54 Å². The number of hydrogen-bond donors (Lipinski definition) is 1. The number of likely N-dealkylation sites (tertiary alicyclic amines) is 1. The Morgan fingerprint density at radius 2 is 2.10 bits per heavy atom. The van der Waals surface area contributed by atoms with Gasteiger partial charge in [0.15, 0.2) is 0 Å². The molecule has 3 heteroatoms. The van der Waals surface area contributed by atoms with Crippen LogP contribution in [0, 0.1) is 12.3 Å². The minimum Gasteiger partial charge on any atom is -0.465 e. The molecule has 1 N–H and O–H groups in total. The monoisotopic (exact) mass is 290 g/mol. The second-order valence-corrected chi connectivity index (χ2v) is 7.12. The molecule has 2 heterocycles. The molecule has 1 aliphatic heterocycles. The lowest BCUT2D eigenvalue weighted by Gasteiger charge is -2.26. The molecule has 3 nitrogen and oxygen atoms in total. The SMILES string of the molecule is CCC1(CC)CCN(Cc2cc(CNC3CC3)oc2C)C1. The van der Waals surface area contributed by atoms with Crippen molar-refractivity contribution in [3.05, 3.63) is 23.2 Å². The lowest BCUT2D eigenvalue weighted by Crippen LogP contribution is -2.26. The molecule has 1 saturated heterocycles. The van der Waals surface area contributed by atoms with Crippen molar-refractivity contribution in [3.8, 4) is 0 Å². The van der Waals surface area contributed by atoms with E-state index in [4.69, 9.17) is 4.42 Å². The molecule has 0 radical (unpaired) electrons. The minimum absolute atomic E-state index is 0.563. The molecule has 0 aromatic carbocycles. The van der Waals surface area contributed by atoms with Crippen molar-refractivity contribution >= 4 is 0 Å². The van der Waals surface area contributed by atoms with Crippen molar-refractivity contribution in [3.63, 3.8) is 0 Å². The maximum Gasteiger partial charge on any atom is 0.118 e. The number of furan rings is 1. The standard InChI is InChI=1S/C18H30N2O/c1-4-18(5-2)8-9-20(13-18)12-15-10-17(21-14(15)3)11-19-16-6-7-16/h10,16,19H,4-9,11-13H2,1-3H3. The van der Waals surface area contributed by atoms with Gasteiger partial charge in [0, 0.05) is 24.7 Å². The molecule has 118 valence electrons. The molecule has 0 bridgehead atoms. The molecule has 1 saturated carbocycles. The summed E-state index contributed by atoms with van der Waals surface area (Å²) in [6.45, 7) is 11.2. The number of rotatable bonds is 7. The Morgan fingerprint density at radius 3 is 2.71 bits per heavy atom. The van der Waals surface area contributed by atoms with Crippen molar-refractivity contribution < 1.29 is 4.42 Å². The molecule has 2 aliphatic rings. The quantitative estimate of drug-likeness (QED) is 0.827. The summed E-state index contributed by atoms with van der Waals surface area (Å²) in [6, 6.07) is 3.01. The molecule has 1 aromatic heterocycles. The zero-order chi connectivity index (χ0) is 14.9. The van der Waals surface area contributed by atoms with Crippen LogP contribution in [0.15, 0.2) is 10.5 Å². The van der Waals surface area contributed by atoms with Crippen molar-refractivity contribution in [1.82, 2.24) is 10.2 Å². The van der Waals surface area contributed by atoms with Gasteiger partial charge in [-0.3, -0.25) is 4.90 Å². The van der Waals surface area contributed by atoms with E-state index in [-0.39, 0.29) is 0 Å². The van der Waals surface area contributed by atoms with Crippen LogP contribution in [0.25, 0.3) is 0 Å². The molecule has 0 unspecified atom stereocenters. The predicted octanol–water partition coefficient (Wildman–Crippen LogP) is 3.85. The highest BCUT2D eigenvalue weighted by atomic mass is 16.3. The van der Waals surface area contributed by atoms with Crippen molar-refractivity contribution in [2.45, 2.75) is 72.0 Å². The molecular weight excluding hydrogens is 260 g/mol. The highest BCUT2D eigenvalue weighted by Crippen LogP contribution is 2.37. The van der Waals surface area contributed by atoms with Gasteiger partial charge in [0.2, 0.25) is 0 Å². The molecule has 2 fully saturated rings. The van der Waals surface area contributed by atoms with Gasteiger partial charge in [0.1, 0.15) is 11.5 Å². The zero-order valence-corrected chi connectivity index (χ0v) is 13.9. The summed E-state index contributed by atoms with van der Waals surface area (Å²) >= 11 is 0. The number of hydrogen-bond acceptors (Lipinski definition) is 3. The maximum absolute atomic E-state index is 5.92. The molecule has 1 aromatic rings. The molecule has 0 spiro atoms. The average molecular weight is 290 g/mol. The maximum atomic E-state index is 5.92. The Bertz CT molecular complexity index is 472. The first kappa shape index (κ1) is 15.1.